The van der Waals surface area contributed by atoms with Gasteiger partial charge >= 0.3 is 0 Å². The van der Waals surface area contributed by atoms with Gasteiger partial charge in [0, 0.05) is 11.4 Å². The molecule has 0 spiro atoms. The molecule has 1 amide bonds. The van der Waals surface area contributed by atoms with E-state index in [1.54, 1.807) is 13.0 Å². The van der Waals surface area contributed by atoms with Gasteiger partial charge in [-0.15, -0.1) is 0 Å². The second-order valence-corrected chi connectivity index (χ2v) is 3.94. The van der Waals surface area contributed by atoms with Gasteiger partial charge < -0.3 is 10.4 Å². The number of aromatic hydroxyl groups is 1. The Hall–Kier alpha value is -2.01. The van der Waals surface area contributed by atoms with E-state index in [0.29, 0.717) is 16.9 Å². The number of anilines is 1. The van der Waals surface area contributed by atoms with Crippen molar-refractivity contribution >= 4 is 23.2 Å². The molecule has 17 heavy (non-hydrogen) atoms. The molecule has 0 saturated carbocycles. The average molecular weight is 252 g/mol. The van der Waals surface area contributed by atoms with Crippen LogP contribution in [0.2, 0.25) is 5.02 Å². The summed E-state index contributed by atoms with van der Waals surface area (Å²) in [7, 11) is 0. The maximum Gasteiger partial charge on any atom is 0.259 e. The largest absolute Gasteiger partial charge is 0.506 e. The van der Waals surface area contributed by atoms with Crippen molar-refractivity contribution in [1.82, 2.24) is 10.2 Å². The Balaban J connectivity index is 2.19. The van der Waals surface area contributed by atoms with Gasteiger partial charge in [0.15, 0.2) is 0 Å². The molecule has 2 aromatic rings. The highest BCUT2D eigenvalue weighted by atomic mass is 35.5. The Morgan fingerprint density at radius 3 is 2.88 bits per heavy atom. The van der Waals surface area contributed by atoms with E-state index in [4.69, 9.17) is 11.6 Å². The van der Waals surface area contributed by atoms with Gasteiger partial charge in [-0.2, -0.15) is 5.10 Å². The van der Waals surface area contributed by atoms with Crippen molar-refractivity contribution in [1.29, 1.82) is 0 Å². The predicted molar refractivity (Wildman–Crippen MR) is 64.4 cm³/mol. The first-order valence-electron chi connectivity index (χ1n) is 4.88. The van der Waals surface area contributed by atoms with E-state index < -0.39 is 0 Å². The number of phenols is 1. The van der Waals surface area contributed by atoms with Crippen LogP contribution in [0.4, 0.5) is 5.69 Å². The third-order valence-electron chi connectivity index (χ3n) is 2.28. The third kappa shape index (κ3) is 2.39. The zero-order valence-corrected chi connectivity index (χ0v) is 9.75. The molecule has 3 N–H and O–H groups in total. The number of aromatic nitrogens is 2. The van der Waals surface area contributed by atoms with Crippen molar-refractivity contribution in [3.05, 3.63) is 40.7 Å². The number of hydrogen-bond acceptors (Lipinski definition) is 3. The summed E-state index contributed by atoms with van der Waals surface area (Å²) in [6.07, 6.45) is 1.45. The quantitative estimate of drug-likeness (QED) is 0.717. The zero-order valence-electron chi connectivity index (χ0n) is 8.99. The highest BCUT2D eigenvalue weighted by Crippen LogP contribution is 2.26. The molecule has 6 heteroatoms. The van der Waals surface area contributed by atoms with E-state index in [1.165, 1.54) is 18.3 Å². The number of carbonyl (C=O) groups excluding carboxylic acids is 1. The van der Waals surface area contributed by atoms with Crippen LogP contribution in [0.1, 0.15) is 16.1 Å². The number of benzene rings is 1. The number of H-pyrrole nitrogens is 1. The van der Waals surface area contributed by atoms with Crippen molar-refractivity contribution in [3.63, 3.8) is 0 Å². The molecule has 0 fully saturated rings. The number of nitrogens with zero attached hydrogens (tertiary/aromatic N) is 1. The molecule has 88 valence electrons. The number of phenolic OH excluding ortho intramolecular Hbond substituents is 1. The molecule has 1 aromatic carbocycles. The van der Waals surface area contributed by atoms with Crippen LogP contribution in [0.15, 0.2) is 24.4 Å². The lowest BCUT2D eigenvalue weighted by Crippen LogP contribution is -2.12. The zero-order chi connectivity index (χ0) is 12.4. The number of halogens is 1. The standard InChI is InChI=1S/C11H10ClN3O2/c1-6-8(5-13-15-6)11(17)14-7-2-3-10(16)9(12)4-7/h2-5,16H,1H3,(H,13,15)(H,14,17). The van der Waals surface area contributed by atoms with Crippen LogP contribution in [0, 0.1) is 6.92 Å². The van der Waals surface area contributed by atoms with E-state index >= 15 is 0 Å². The van der Waals surface area contributed by atoms with Gasteiger partial charge in [-0.25, -0.2) is 0 Å². The molecular formula is C11H10ClN3O2. The summed E-state index contributed by atoms with van der Waals surface area (Å²) in [4.78, 5) is 11.8. The van der Waals surface area contributed by atoms with Gasteiger partial charge in [0.05, 0.1) is 16.8 Å². The first kappa shape index (κ1) is 11.5. The minimum atomic E-state index is -0.280. The number of amides is 1. The van der Waals surface area contributed by atoms with E-state index in [-0.39, 0.29) is 16.7 Å². The molecule has 1 heterocycles. The smallest absolute Gasteiger partial charge is 0.259 e. The van der Waals surface area contributed by atoms with Gasteiger partial charge in [-0.3, -0.25) is 9.89 Å². The lowest BCUT2D eigenvalue weighted by molar-refractivity contribution is 0.102. The summed E-state index contributed by atoms with van der Waals surface area (Å²) in [6.45, 7) is 1.76. The molecular weight excluding hydrogens is 242 g/mol. The average Bonchev–Trinajstić information content (AvgIpc) is 2.70. The third-order valence-corrected chi connectivity index (χ3v) is 2.58. The summed E-state index contributed by atoms with van der Waals surface area (Å²) < 4.78 is 0. The molecule has 0 aliphatic carbocycles. The lowest BCUT2D eigenvalue weighted by Gasteiger charge is -2.05. The number of aromatic amines is 1. The Morgan fingerprint density at radius 2 is 2.29 bits per heavy atom. The lowest BCUT2D eigenvalue weighted by atomic mass is 10.2. The number of carbonyl (C=O) groups is 1. The fourth-order valence-electron chi connectivity index (χ4n) is 1.36. The van der Waals surface area contributed by atoms with Crippen LogP contribution in [0.3, 0.4) is 0 Å². The van der Waals surface area contributed by atoms with Crippen LogP contribution >= 0.6 is 11.6 Å². The number of rotatable bonds is 2. The minimum absolute atomic E-state index is 0.0239. The molecule has 0 atom stereocenters. The molecule has 0 aliphatic heterocycles. The fourth-order valence-corrected chi connectivity index (χ4v) is 1.54. The molecule has 0 saturated heterocycles. The van der Waals surface area contributed by atoms with Gasteiger partial charge in [0.2, 0.25) is 0 Å². The van der Waals surface area contributed by atoms with Gasteiger partial charge in [0.25, 0.3) is 5.91 Å². The van der Waals surface area contributed by atoms with E-state index in [1.807, 2.05) is 0 Å². The summed E-state index contributed by atoms with van der Waals surface area (Å²) in [6, 6.07) is 4.46. The minimum Gasteiger partial charge on any atom is -0.506 e. The normalized spacial score (nSPS) is 10.2. The van der Waals surface area contributed by atoms with Crippen LogP contribution in [-0.4, -0.2) is 21.2 Å². The maximum atomic E-state index is 11.8. The molecule has 2 rings (SSSR count). The number of nitrogens with one attached hydrogen (secondary N) is 2. The number of aryl methyl sites for hydroxylation is 1. The van der Waals surface area contributed by atoms with Crippen molar-refractivity contribution in [2.75, 3.05) is 5.32 Å². The molecule has 1 aromatic heterocycles. The van der Waals surface area contributed by atoms with E-state index in [0.717, 1.165) is 0 Å². The van der Waals surface area contributed by atoms with E-state index in [9.17, 15) is 9.90 Å². The summed E-state index contributed by atoms with van der Waals surface area (Å²) in [5.74, 6) is -0.304. The molecule has 0 bridgehead atoms. The Labute approximate surface area is 102 Å². The summed E-state index contributed by atoms with van der Waals surface area (Å²) in [5, 5.41) is 18.5. The molecule has 0 radical (unpaired) electrons. The first-order valence-corrected chi connectivity index (χ1v) is 5.25. The van der Waals surface area contributed by atoms with Gasteiger partial charge in [-0.05, 0) is 25.1 Å². The summed E-state index contributed by atoms with van der Waals surface area (Å²) >= 11 is 5.73. The van der Waals surface area contributed by atoms with Crippen molar-refractivity contribution < 1.29 is 9.90 Å². The van der Waals surface area contributed by atoms with Gasteiger partial charge in [-0.1, -0.05) is 11.6 Å². The van der Waals surface area contributed by atoms with Crippen LogP contribution in [-0.2, 0) is 0 Å². The van der Waals surface area contributed by atoms with Crippen molar-refractivity contribution in [2.24, 2.45) is 0 Å². The highest BCUT2D eigenvalue weighted by Gasteiger charge is 2.11. The van der Waals surface area contributed by atoms with E-state index in [2.05, 4.69) is 15.5 Å². The highest BCUT2D eigenvalue weighted by molar-refractivity contribution is 6.32. The first-order chi connectivity index (χ1) is 8.08. The Bertz CT molecular complexity index is 566. The molecule has 0 aliphatic rings. The molecule has 0 unspecified atom stereocenters. The Morgan fingerprint density at radius 1 is 1.53 bits per heavy atom. The van der Waals surface area contributed by atoms with Gasteiger partial charge in [0.1, 0.15) is 5.75 Å². The topological polar surface area (TPSA) is 78.0 Å². The monoisotopic (exact) mass is 251 g/mol. The SMILES string of the molecule is Cc1[nH]ncc1C(=O)Nc1ccc(O)c(Cl)c1. The second kappa shape index (κ2) is 4.47. The fraction of sp³-hybridized carbons (Fsp3) is 0.0909. The van der Waals surface area contributed by atoms with Crippen LogP contribution in [0.25, 0.3) is 0 Å². The number of hydrogen-bond donors (Lipinski definition) is 3. The van der Waals surface area contributed by atoms with Crippen LogP contribution < -0.4 is 5.32 Å². The van der Waals surface area contributed by atoms with Crippen molar-refractivity contribution in [2.45, 2.75) is 6.92 Å². The van der Waals surface area contributed by atoms with Crippen LogP contribution in [0.5, 0.6) is 5.75 Å². The maximum absolute atomic E-state index is 11.8. The van der Waals surface area contributed by atoms with Crippen molar-refractivity contribution in [3.8, 4) is 5.75 Å². The summed E-state index contributed by atoms with van der Waals surface area (Å²) in [5.41, 5.74) is 1.67. The molecule has 5 nitrogen and oxygen atoms in total. The Kier molecular flexibility index (Phi) is 3.01. The second-order valence-electron chi connectivity index (χ2n) is 3.53. The predicted octanol–water partition coefficient (Wildman–Crippen LogP) is 2.33.